The summed E-state index contributed by atoms with van der Waals surface area (Å²) in [4.78, 5) is 5.48. The fraction of sp³-hybridized carbons (Fsp3) is 0.250. The number of aromatic nitrogens is 1. The van der Waals surface area contributed by atoms with Gasteiger partial charge in [-0.15, -0.1) is 11.3 Å². The van der Waals surface area contributed by atoms with E-state index in [4.69, 9.17) is 0 Å². The first kappa shape index (κ1) is 14.6. The molecule has 2 rings (SSSR count). The normalized spacial score (nSPS) is 11.7. The van der Waals surface area contributed by atoms with Crippen LogP contribution >= 0.6 is 27.3 Å². The molecule has 0 aliphatic carbocycles. The van der Waals surface area contributed by atoms with Gasteiger partial charge in [0, 0.05) is 15.5 Å². The van der Waals surface area contributed by atoms with Crippen LogP contribution in [-0.2, 0) is 16.6 Å². The Labute approximate surface area is 125 Å². The minimum atomic E-state index is -3.52. The van der Waals surface area contributed by atoms with Gasteiger partial charge in [-0.25, -0.2) is 18.1 Å². The van der Waals surface area contributed by atoms with Crippen molar-refractivity contribution < 1.29 is 8.42 Å². The van der Waals surface area contributed by atoms with Crippen molar-refractivity contribution in [3.05, 3.63) is 44.3 Å². The third-order valence-electron chi connectivity index (χ3n) is 2.52. The third kappa shape index (κ3) is 3.62. The number of benzene rings is 1. The van der Waals surface area contributed by atoms with Crippen LogP contribution in [0.5, 0.6) is 0 Å². The Bertz CT molecular complexity index is 696. The second-order valence-electron chi connectivity index (χ2n) is 4.10. The van der Waals surface area contributed by atoms with E-state index in [2.05, 4.69) is 25.6 Å². The van der Waals surface area contributed by atoms with Crippen molar-refractivity contribution in [2.24, 2.45) is 0 Å². The lowest BCUT2D eigenvalue weighted by Crippen LogP contribution is -2.23. The Morgan fingerprint density at radius 2 is 2.11 bits per heavy atom. The molecule has 0 bridgehead atoms. The van der Waals surface area contributed by atoms with E-state index in [9.17, 15) is 8.42 Å². The number of rotatable bonds is 4. The summed E-state index contributed by atoms with van der Waals surface area (Å²) in [6, 6.07) is 5.19. The molecule has 1 heterocycles. The zero-order chi connectivity index (χ0) is 14.0. The van der Waals surface area contributed by atoms with Crippen LogP contribution in [0, 0.1) is 13.8 Å². The topological polar surface area (TPSA) is 59.1 Å². The highest BCUT2D eigenvalue weighted by Crippen LogP contribution is 2.21. The zero-order valence-corrected chi connectivity index (χ0v) is 13.7. The molecule has 0 radical (unpaired) electrons. The average molecular weight is 361 g/mol. The van der Waals surface area contributed by atoms with E-state index >= 15 is 0 Å². The van der Waals surface area contributed by atoms with E-state index in [-0.39, 0.29) is 11.4 Å². The van der Waals surface area contributed by atoms with Crippen molar-refractivity contribution in [1.82, 2.24) is 9.71 Å². The Morgan fingerprint density at radius 3 is 2.74 bits per heavy atom. The average Bonchev–Trinajstić information content (AvgIpc) is 2.76. The van der Waals surface area contributed by atoms with Crippen LogP contribution in [0.3, 0.4) is 0 Å². The number of aryl methyl sites for hydroxylation is 2. The lowest BCUT2D eigenvalue weighted by Gasteiger charge is -2.08. The van der Waals surface area contributed by atoms with Gasteiger partial charge in [0.2, 0.25) is 10.0 Å². The summed E-state index contributed by atoms with van der Waals surface area (Å²) >= 11 is 4.77. The second kappa shape index (κ2) is 5.70. The number of sulfonamides is 1. The monoisotopic (exact) mass is 360 g/mol. The summed E-state index contributed by atoms with van der Waals surface area (Å²) in [7, 11) is -3.52. The summed E-state index contributed by atoms with van der Waals surface area (Å²) in [5.41, 5.74) is 0.714. The maximum Gasteiger partial charge on any atom is 0.241 e. The van der Waals surface area contributed by atoms with Gasteiger partial charge in [0.15, 0.2) is 0 Å². The molecule has 1 aromatic carbocycles. The zero-order valence-electron chi connectivity index (χ0n) is 10.5. The van der Waals surface area contributed by atoms with Gasteiger partial charge in [-0.2, -0.15) is 0 Å². The summed E-state index contributed by atoms with van der Waals surface area (Å²) in [6.45, 7) is 3.93. The molecule has 0 spiro atoms. The minimum absolute atomic E-state index is 0.215. The van der Waals surface area contributed by atoms with Crippen LogP contribution in [0.4, 0.5) is 0 Å². The molecular weight excluding hydrogens is 348 g/mol. The van der Waals surface area contributed by atoms with Crippen LogP contribution in [0.2, 0.25) is 0 Å². The molecule has 1 N–H and O–H groups in total. The fourth-order valence-electron chi connectivity index (χ4n) is 1.58. The molecule has 1 aromatic heterocycles. The predicted molar refractivity (Wildman–Crippen MR) is 79.8 cm³/mol. The second-order valence-corrected chi connectivity index (χ2v) is 8.07. The SMILES string of the molecule is Cc1cnc(CNS(=O)(=O)c2cc(Br)ccc2C)s1. The molecule has 0 amide bonds. The number of halogens is 1. The van der Waals surface area contributed by atoms with Crippen LogP contribution in [-0.4, -0.2) is 13.4 Å². The highest BCUT2D eigenvalue weighted by molar-refractivity contribution is 9.10. The van der Waals surface area contributed by atoms with Crippen molar-refractivity contribution >= 4 is 37.3 Å². The van der Waals surface area contributed by atoms with Crippen LogP contribution in [0.15, 0.2) is 33.8 Å². The van der Waals surface area contributed by atoms with Crippen molar-refractivity contribution in [3.8, 4) is 0 Å². The van der Waals surface area contributed by atoms with Gasteiger partial charge in [-0.3, -0.25) is 0 Å². The molecule has 0 fully saturated rings. The van der Waals surface area contributed by atoms with Crippen molar-refractivity contribution in [2.75, 3.05) is 0 Å². The molecule has 2 aromatic rings. The first-order valence-electron chi connectivity index (χ1n) is 5.55. The van der Waals surface area contributed by atoms with E-state index in [1.807, 2.05) is 13.0 Å². The molecule has 4 nitrogen and oxygen atoms in total. The quantitative estimate of drug-likeness (QED) is 0.911. The molecule has 102 valence electrons. The van der Waals surface area contributed by atoms with E-state index in [1.165, 1.54) is 11.3 Å². The smallest absolute Gasteiger partial charge is 0.241 e. The standard InChI is InChI=1S/C12H13BrN2O2S2/c1-8-3-4-10(13)5-11(8)19(16,17)15-7-12-14-6-9(2)18-12/h3-6,15H,7H2,1-2H3. The van der Waals surface area contributed by atoms with E-state index in [0.717, 1.165) is 14.4 Å². The number of nitrogens with zero attached hydrogens (tertiary/aromatic N) is 1. The molecule has 0 saturated carbocycles. The van der Waals surface area contributed by atoms with Crippen LogP contribution < -0.4 is 4.72 Å². The summed E-state index contributed by atoms with van der Waals surface area (Å²) in [6.07, 6.45) is 1.73. The molecule has 0 unspecified atom stereocenters. The maximum absolute atomic E-state index is 12.2. The van der Waals surface area contributed by atoms with Gasteiger partial charge in [-0.05, 0) is 31.5 Å². The fourth-order valence-corrected chi connectivity index (χ4v) is 4.17. The van der Waals surface area contributed by atoms with Gasteiger partial charge in [0.25, 0.3) is 0 Å². The van der Waals surface area contributed by atoms with Crippen LogP contribution in [0.1, 0.15) is 15.4 Å². The van der Waals surface area contributed by atoms with Crippen molar-refractivity contribution in [3.63, 3.8) is 0 Å². The molecule has 0 aliphatic rings. The lowest BCUT2D eigenvalue weighted by atomic mass is 10.2. The highest BCUT2D eigenvalue weighted by atomic mass is 79.9. The lowest BCUT2D eigenvalue weighted by molar-refractivity contribution is 0.580. The Balaban J connectivity index is 2.20. The van der Waals surface area contributed by atoms with Gasteiger partial charge in [-0.1, -0.05) is 22.0 Å². The number of hydrogen-bond acceptors (Lipinski definition) is 4. The summed E-state index contributed by atoms with van der Waals surface area (Å²) in [5.74, 6) is 0. The van der Waals surface area contributed by atoms with Gasteiger partial charge in [0.05, 0.1) is 11.4 Å². The minimum Gasteiger partial charge on any atom is -0.248 e. The maximum atomic E-state index is 12.2. The van der Waals surface area contributed by atoms with E-state index in [0.29, 0.717) is 5.56 Å². The number of nitrogens with one attached hydrogen (secondary N) is 1. The molecule has 0 saturated heterocycles. The molecule has 19 heavy (non-hydrogen) atoms. The number of hydrogen-bond donors (Lipinski definition) is 1. The largest absolute Gasteiger partial charge is 0.248 e. The van der Waals surface area contributed by atoms with Crippen LogP contribution in [0.25, 0.3) is 0 Å². The van der Waals surface area contributed by atoms with E-state index in [1.54, 1.807) is 25.3 Å². The molecule has 0 atom stereocenters. The van der Waals surface area contributed by atoms with Crippen molar-refractivity contribution in [2.45, 2.75) is 25.3 Å². The van der Waals surface area contributed by atoms with Gasteiger partial charge >= 0.3 is 0 Å². The highest BCUT2D eigenvalue weighted by Gasteiger charge is 2.17. The molecular formula is C12H13BrN2O2S2. The first-order chi connectivity index (χ1) is 8.88. The summed E-state index contributed by atoms with van der Waals surface area (Å²) in [5, 5.41) is 0.758. The predicted octanol–water partition coefficient (Wildman–Crippen LogP) is 3.00. The Hall–Kier alpha value is -0.760. The van der Waals surface area contributed by atoms with E-state index < -0.39 is 10.0 Å². The third-order valence-corrected chi connectivity index (χ3v) is 5.47. The Morgan fingerprint density at radius 1 is 1.37 bits per heavy atom. The van der Waals surface area contributed by atoms with Crippen molar-refractivity contribution in [1.29, 1.82) is 0 Å². The molecule has 0 aliphatic heterocycles. The molecule has 7 heteroatoms. The summed E-state index contributed by atoms with van der Waals surface area (Å²) < 4.78 is 27.8. The Kier molecular flexibility index (Phi) is 4.39. The van der Waals surface area contributed by atoms with Gasteiger partial charge < -0.3 is 0 Å². The first-order valence-corrected chi connectivity index (χ1v) is 8.65. The van der Waals surface area contributed by atoms with Gasteiger partial charge in [0.1, 0.15) is 5.01 Å². The number of thiazole rings is 1.